The molecule has 1 fully saturated rings. The summed E-state index contributed by atoms with van der Waals surface area (Å²) in [7, 11) is 0. The minimum absolute atomic E-state index is 0.737. The molecular formula is C22H20. The fourth-order valence-corrected chi connectivity index (χ4v) is 4.63. The van der Waals surface area contributed by atoms with Gasteiger partial charge in [0.25, 0.3) is 0 Å². The highest BCUT2D eigenvalue weighted by molar-refractivity contribution is 5.53. The Bertz CT molecular complexity index is 737. The molecule has 0 aromatic heterocycles. The average Bonchev–Trinajstić information content (AvgIpc) is 2.81. The lowest BCUT2D eigenvalue weighted by molar-refractivity contribution is 0.361. The Morgan fingerprint density at radius 1 is 0.545 bits per heavy atom. The van der Waals surface area contributed by atoms with Crippen molar-refractivity contribution in [2.45, 2.75) is 25.7 Å². The van der Waals surface area contributed by atoms with Crippen LogP contribution in [0.25, 0.3) is 0 Å². The summed E-state index contributed by atoms with van der Waals surface area (Å²) in [6.07, 6.45) is 9.69. The van der Waals surface area contributed by atoms with Crippen molar-refractivity contribution in [2.75, 3.05) is 0 Å². The summed E-state index contributed by atoms with van der Waals surface area (Å²) in [5.74, 6) is 1.47. The van der Waals surface area contributed by atoms with Crippen LogP contribution < -0.4 is 0 Å². The molecule has 22 heavy (non-hydrogen) atoms. The van der Waals surface area contributed by atoms with Gasteiger partial charge in [0.1, 0.15) is 0 Å². The predicted octanol–water partition coefficient (Wildman–Crippen LogP) is 4.68. The molecule has 0 N–H and O–H groups in total. The van der Waals surface area contributed by atoms with E-state index in [1.165, 1.54) is 24.0 Å². The normalized spacial score (nSPS) is 25.1. The van der Waals surface area contributed by atoms with Crippen molar-refractivity contribution in [1.82, 2.24) is 0 Å². The molecular weight excluding hydrogens is 264 g/mol. The molecule has 5 rings (SSSR count). The maximum absolute atomic E-state index is 2.51. The van der Waals surface area contributed by atoms with E-state index in [2.05, 4.69) is 60.7 Å². The Morgan fingerprint density at radius 3 is 1.41 bits per heavy atom. The highest BCUT2D eigenvalue weighted by Gasteiger charge is 2.42. The second-order valence-electron chi connectivity index (χ2n) is 6.89. The van der Waals surface area contributed by atoms with Gasteiger partial charge in [0.2, 0.25) is 0 Å². The lowest BCUT2D eigenvalue weighted by Crippen LogP contribution is -2.34. The van der Waals surface area contributed by atoms with E-state index < -0.39 is 0 Å². The van der Waals surface area contributed by atoms with Gasteiger partial charge in [0, 0.05) is 0 Å². The maximum atomic E-state index is 2.51. The Labute approximate surface area is 132 Å². The molecule has 0 nitrogen and oxygen atoms in total. The van der Waals surface area contributed by atoms with E-state index in [4.69, 9.17) is 0 Å². The lowest BCUT2D eigenvalue weighted by Gasteiger charge is -2.42. The average molecular weight is 284 g/mol. The minimum Gasteiger partial charge on any atom is -0.0763 e. The largest absolute Gasteiger partial charge is 0.0763 e. The third kappa shape index (κ3) is 1.76. The molecule has 2 unspecified atom stereocenters. The fourth-order valence-electron chi connectivity index (χ4n) is 4.63. The first-order valence-corrected chi connectivity index (χ1v) is 8.44. The minimum atomic E-state index is 0.737. The smallest absolute Gasteiger partial charge is 0.00497 e. The Balaban J connectivity index is 1.54. The van der Waals surface area contributed by atoms with Crippen molar-refractivity contribution in [3.05, 3.63) is 94.1 Å². The Kier molecular flexibility index (Phi) is 2.67. The SMILES string of the molecule is C1=C2C3=CCc4ccccc4CC3C2Cc2ccccc2C1. The second-order valence-corrected chi connectivity index (χ2v) is 6.89. The van der Waals surface area contributed by atoms with Gasteiger partial charge in [-0.15, -0.1) is 0 Å². The summed E-state index contributed by atoms with van der Waals surface area (Å²) in [6, 6.07) is 18.0. The van der Waals surface area contributed by atoms with Crippen LogP contribution in [0, 0.1) is 11.8 Å². The highest BCUT2D eigenvalue weighted by Crippen LogP contribution is 2.51. The highest BCUT2D eigenvalue weighted by atomic mass is 14.5. The number of hydrogen-bond donors (Lipinski definition) is 0. The Hall–Kier alpha value is -2.08. The molecule has 1 saturated carbocycles. The lowest BCUT2D eigenvalue weighted by atomic mass is 9.61. The van der Waals surface area contributed by atoms with Crippen LogP contribution in [-0.4, -0.2) is 0 Å². The molecule has 0 bridgehead atoms. The third-order valence-electron chi connectivity index (χ3n) is 5.82. The summed E-state index contributed by atoms with van der Waals surface area (Å²) in [6.45, 7) is 0. The first-order valence-electron chi connectivity index (χ1n) is 8.44. The predicted molar refractivity (Wildman–Crippen MR) is 90.8 cm³/mol. The van der Waals surface area contributed by atoms with Crippen LogP contribution in [0.15, 0.2) is 71.8 Å². The van der Waals surface area contributed by atoms with Crippen molar-refractivity contribution in [2.24, 2.45) is 11.8 Å². The zero-order chi connectivity index (χ0) is 14.5. The molecule has 0 saturated heterocycles. The molecule has 0 heterocycles. The van der Waals surface area contributed by atoms with Gasteiger partial charge in [-0.05, 0) is 70.9 Å². The van der Waals surface area contributed by atoms with Gasteiger partial charge < -0.3 is 0 Å². The van der Waals surface area contributed by atoms with E-state index in [-0.39, 0.29) is 0 Å². The van der Waals surface area contributed by atoms with Crippen LogP contribution in [0.4, 0.5) is 0 Å². The van der Waals surface area contributed by atoms with Gasteiger partial charge in [-0.25, -0.2) is 0 Å². The summed E-state index contributed by atoms with van der Waals surface area (Å²) >= 11 is 0. The van der Waals surface area contributed by atoms with Crippen LogP contribution in [0.5, 0.6) is 0 Å². The van der Waals surface area contributed by atoms with Crippen molar-refractivity contribution in [1.29, 1.82) is 0 Å². The van der Waals surface area contributed by atoms with Gasteiger partial charge in [0.15, 0.2) is 0 Å². The first-order chi connectivity index (χ1) is 10.9. The van der Waals surface area contributed by atoms with Gasteiger partial charge in [0.05, 0.1) is 0 Å². The fraction of sp³-hybridized carbons (Fsp3) is 0.273. The summed E-state index contributed by atoms with van der Waals surface area (Å²) < 4.78 is 0. The molecule has 108 valence electrons. The van der Waals surface area contributed by atoms with E-state index in [1.807, 2.05) is 0 Å². The van der Waals surface area contributed by atoms with Gasteiger partial charge >= 0.3 is 0 Å². The van der Waals surface area contributed by atoms with E-state index in [1.54, 1.807) is 22.3 Å². The van der Waals surface area contributed by atoms with Crippen LogP contribution >= 0.6 is 0 Å². The number of benzene rings is 2. The maximum Gasteiger partial charge on any atom is -0.00497 e. The van der Waals surface area contributed by atoms with Gasteiger partial charge in [-0.1, -0.05) is 60.7 Å². The molecule has 0 spiro atoms. The van der Waals surface area contributed by atoms with Crippen molar-refractivity contribution in [3.8, 4) is 0 Å². The van der Waals surface area contributed by atoms with Crippen LogP contribution in [-0.2, 0) is 25.7 Å². The molecule has 0 radical (unpaired) electrons. The van der Waals surface area contributed by atoms with Crippen LogP contribution in [0.3, 0.4) is 0 Å². The van der Waals surface area contributed by atoms with Gasteiger partial charge in [-0.3, -0.25) is 0 Å². The standard InChI is InChI=1S/C22H20/c1-3-7-17-13-21-19(11-9-15(17)5-1)20-12-10-16-6-2-4-8-18(16)14-22(20)21/h1-8,11-12,21-22H,9-10,13-14H2. The van der Waals surface area contributed by atoms with Gasteiger partial charge in [-0.2, -0.15) is 0 Å². The number of allylic oxidation sites excluding steroid dienone is 4. The quantitative estimate of drug-likeness (QED) is 0.659. The molecule has 0 amide bonds. The van der Waals surface area contributed by atoms with E-state index in [0.29, 0.717) is 0 Å². The first kappa shape index (κ1) is 12.5. The molecule has 0 heteroatoms. The molecule has 2 aromatic rings. The van der Waals surface area contributed by atoms with E-state index >= 15 is 0 Å². The summed E-state index contributed by atoms with van der Waals surface area (Å²) in [4.78, 5) is 0. The topological polar surface area (TPSA) is 0 Å². The zero-order valence-electron chi connectivity index (χ0n) is 12.8. The van der Waals surface area contributed by atoms with E-state index in [9.17, 15) is 0 Å². The molecule has 3 aliphatic rings. The van der Waals surface area contributed by atoms with Crippen LogP contribution in [0.1, 0.15) is 22.3 Å². The van der Waals surface area contributed by atoms with Crippen molar-refractivity contribution >= 4 is 0 Å². The number of hydrogen-bond acceptors (Lipinski definition) is 0. The van der Waals surface area contributed by atoms with Crippen LogP contribution in [0.2, 0.25) is 0 Å². The second kappa shape index (κ2) is 4.71. The molecule has 3 aliphatic carbocycles. The number of fused-ring (bicyclic) bond motifs is 6. The Morgan fingerprint density at radius 2 is 0.955 bits per heavy atom. The number of rotatable bonds is 0. The summed E-state index contributed by atoms with van der Waals surface area (Å²) in [5, 5.41) is 0. The molecule has 0 aliphatic heterocycles. The molecule has 2 atom stereocenters. The molecule has 2 aromatic carbocycles. The van der Waals surface area contributed by atoms with E-state index in [0.717, 1.165) is 24.7 Å². The van der Waals surface area contributed by atoms with Crippen molar-refractivity contribution in [3.63, 3.8) is 0 Å². The monoisotopic (exact) mass is 284 g/mol. The third-order valence-corrected chi connectivity index (χ3v) is 5.82. The van der Waals surface area contributed by atoms with Crippen molar-refractivity contribution < 1.29 is 0 Å². The summed E-state index contributed by atoms with van der Waals surface area (Å²) in [5.41, 5.74) is 9.48. The zero-order valence-corrected chi connectivity index (χ0v) is 12.8.